The largest absolute Gasteiger partial charge is 0.495 e. The number of piperazine rings is 1. The number of pyridine rings is 1. The molecule has 3 aromatic carbocycles. The van der Waals surface area contributed by atoms with E-state index in [1.165, 1.54) is 10.5 Å². The van der Waals surface area contributed by atoms with E-state index in [9.17, 15) is 4.79 Å². The zero-order valence-corrected chi connectivity index (χ0v) is 23.6. The molecule has 7 heteroatoms. The highest BCUT2D eigenvalue weighted by Crippen LogP contribution is 2.33. The van der Waals surface area contributed by atoms with Crippen LogP contribution in [-0.2, 0) is 6.54 Å². The first-order valence-corrected chi connectivity index (χ1v) is 13.5. The summed E-state index contributed by atoms with van der Waals surface area (Å²) in [6.07, 6.45) is 1.30. The molecule has 0 radical (unpaired) electrons. The van der Waals surface area contributed by atoms with E-state index >= 15 is 0 Å². The first kappa shape index (κ1) is 27.9. The van der Waals surface area contributed by atoms with Crippen LogP contribution in [0.25, 0.3) is 10.9 Å². The lowest BCUT2D eigenvalue weighted by atomic mass is 10.0. The van der Waals surface area contributed by atoms with Gasteiger partial charge in [0.2, 0.25) is 0 Å². The predicted octanol–water partition coefficient (Wildman–Crippen LogP) is 6.54. The number of amides is 1. The fourth-order valence-electron chi connectivity index (χ4n) is 4.89. The van der Waals surface area contributed by atoms with Crippen molar-refractivity contribution in [3.8, 4) is 11.5 Å². The number of carbonyl (C=O) groups is 1. The summed E-state index contributed by atoms with van der Waals surface area (Å²) in [5.74, 6) is 1.42. The van der Waals surface area contributed by atoms with Gasteiger partial charge in [0.15, 0.2) is 5.75 Å². The molecule has 0 saturated carbocycles. The van der Waals surface area contributed by atoms with E-state index in [1.807, 2.05) is 69.3 Å². The van der Waals surface area contributed by atoms with Gasteiger partial charge in [0, 0.05) is 57.0 Å². The third-order valence-electron chi connectivity index (χ3n) is 6.92. The number of benzene rings is 3. The van der Waals surface area contributed by atoms with Gasteiger partial charge in [0.25, 0.3) is 0 Å². The SMILES string of the molecule is CC.COc1ccccc1N1CCN(Cc2cc(C)c(OC(=O)N(C)c3ccccc3)c3ncccc23)CC1. The summed E-state index contributed by atoms with van der Waals surface area (Å²) < 4.78 is 11.5. The van der Waals surface area contributed by atoms with Crippen molar-refractivity contribution in [2.45, 2.75) is 27.3 Å². The van der Waals surface area contributed by atoms with Crippen molar-refractivity contribution in [1.82, 2.24) is 9.88 Å². The van der Waals surface area contributed by atoms with Crippen molar-refractivity contribution in [2.24, 2.45) is 0 Å². The first-order chi connectivity index (χ1) is 19.0. The summed E-state index contributed by atoms with van der Waals surface area (Å²) in [7, 11) is 3.43. The van der Waals surface area contributed by atoms with E-state index in [-0.39, 0.29) is 0 Å². The average Bonchev–Trinajstić information content (AvgIpc) is 3.00. The van der Waals surface area contributed by atoms with E-state index in [0.717, 1.165) is 60.8 Å². The van der Waals surface area contributed by atoms with Gasteiger partial charge in [0.1, 0.15) is 11.3 Å². The molecule has 7 nitrogen and oxygen atoms in total. The monoisotopic (exact) mass is 526 g/mol. The summed E-state index contributed by atoms with van der Waals surface area (Å²) in [6.45, 7) is 10.5. The molecule has 2 heterocycles. The standard InChI is InChI=1S/C30H32N4O3.C2H6/c1-22-20-23(21-33-16-18-34(19-17-33)26-13-7-8-14-27(26)36-3)25-12-9-15-31-28(25)29(22)37-30(35)32(2)24-10-5-4-6-11-24;1-2/h4-15,20H,16-19,21H2,1-3H3;1-2H3. The van der Waals surface area contributed by atoms with Crippen molar-refractivity contribution in [2.75, 3.05) is 50.1 Å². The van der Waals surface area contributed by atoms with Gasteiger partial charge in [-0.05, 0) is 48.4 Å². The Morgan fingerprint density at radius 3 is 2.36 bits per heavy atom. The molecular formula is C32H38N4O3. The molecular weight excluding hydrogens is 488 g/mol. The minimum absolute atomic E-state index is 0.443. The Balaban J connectivity index is 0.00000172. The lowest BCUT2D eigenvalue weighted by Gasteiger charge is -2.36. The number of hydrogen-bond donors (Lipinski definition) is 0. The number of hydrogen-bond acceptors (Lipinski definition) is 6. The van der Waals surface area contributed by atoms with Crippen LogP contribution in [-0.4, -0.2) is 56.3 Å². The van der Waals surface area contributed by atoms with Gasteiger partial charge in [0.05, 0.1) is 12.8 Å². The number of rotatable bonds is 6. The van der Waals surface area contributed by atoms with Gasteiger partial charge in [-0.25, -0.2) is 4.79 Å². The van der Waals surface area contributed by atoms with E-state index in [4.69, 9.17) is 9.47 Å². The Hall–Kier alpha value is -4.10. The zero-order chi connectivity index (χ0) is 27.8. The smallest absolute Gasteiger partial charge is 0.419 e. The third-order valence-corrected chi connectivity index (χ3v) is 6.92. The molecule has 1 amide bonds. The van der Waals surface area contributed by atoms with Crippen LogP contribution in [0.3, 0.4) is 0 Å². The van der Waals surface area contributed by atoms with E-state index in [0.29, 0.717) is 11.3 Å². The highest BCUT2D eigenvalue weighted by atomic mass is 16.6. The molecule has 0 atom stereocenters. The molecule has 1 saturated heterocycles. The number of carbonyl (C=O) groups excluding carboxylic acids is 1. The van der Waals surface area contributed by atoms with Gasteiger partial charge in [-0.3, -0.25) is 14.8 Å². The fraction of sp³-hybridized carbons (Fsp3) is 0.312. The van der Waals surface area contributed by atoms with Crippen LogP contribution in [0.1, 0.15) is 25.0 Å². The van der Waals surface area contributed by atoms with Crippen LogP contribution in [0.2, 0.25) is 0 Å². The topological polar surface area (TPSA) is 58.1 Å². The average molecular weight is 527 g/mol. The second-order valence-corrected chi connectivity index (χ2v) is 9.28. The molecule has 1 aromatic heterocycles. The number of anilines is 2. The second kappa shape index (κ2) is 13.1. The summed E-state index contributed by atoms with van der Waals surface area (Å²) in [5, 5.41) is 1.01. The predicted molar refractivity (Wildman–Crippen MR) is 159 cm³/mol. The van der Waals surface area contributed by atoms with Crippen LogP contribution >= 0.6 is 0 Å². The van der Waals surface area contributed by atoms with Gasteiger partial charge in [-0.1, -0.05) is 56.3 Å². The quantitative estimate of drug-likeness (QED) is 0.285. The maximum absolute atomic E-state index is 13.0. The number of methoxy groups -OCH3 is 1. The molecule has 0 unspecified atom stereocenters. The molecule has 0 N–H and O–H groups in total. The zero-order valence-electron chi connectivity index (χ0n) is 23.6. The number of para-hydroxylation sites is 3. The first-order valence-electron chi connectivity index (χ1n) is 13.5. The Morgan fingerprint density at radius 1 is 0.949 bits per heavy atom. The lowest BCUT2D eigenvalue weighted by molar-refractivity contribution is 0.209. The normalized spacial score (nSPS) is 13.4. The Kier molecular flexibility index (Phi) is 9.39. The molecule has 5 rings (SSSR count). The molecule has 1 fully saturated rings. The van der Waals surface area contributed by atoms with Gasteiger partial charge in [-0.15, -0.1) is 0 Å². The van der Waals surface area contributed by atoms with E-state index in [2.05, 4.69) is 39.0 Å². The summed E-state index contributed by atoms with van der Waals surface area (Å²) in [6, 6.07) is 23.8. The highest BCUT2D eigenvalue weighted by molar-refractivity contribution is 5.94. The molecule has 0 bridgehead atoms. The van der Waals surface area contributed by atoms with Gasteiger partial charge in [-0.2, -0.15) is 0 Å². The van der Waals surface area contributed by atoms with Crippen molar-refractivity contribution in [3.63, 3.8) is 0 Å². The van der Waals surface area contributed by atoms with Crippen molar-refractivity contribution < 1.29 is 14.3 Å². The maximum atomic E-state index is 13.0. The molecule has 1 aliphatic heterocycles. The van der Waals surface area contributed by atoms with Crippen LogP contribution in [0, 0.1) is 6.92 Å². The van der Waals surface area contributed by atoms with E-state index in [1.54, 1.807) is 20.4 Å². The highest BCUT2D eigenvalue weighted by Gasteiger charge is 2.22. The third kappa shape index (κ3) is 6.32. The van der Waals surface area contributed by atoms with Crippen molar-refractivity contribution in [1.29, 1.82) is 0 Å². The second-order valence-electron chi connectivity index (χ2n) is 9.28. The van der Waals surface area contributed by atoms with Gasteiger partial charge >= 0.3 is 6.09 Å². The summed E-state index contributed by atoms with van der Waals surface area (Å²) in [5.41, 5.74) is 4.69. The number of nitrogens with zero attached hydrogens (tertiary/aromatic N) is 4. The lowest BCUT2D eigenvalue weighted by Crippen LogP contribution is -2.46. The van der Waals surface area contributed by atoms with Crippen LogP contribution in [0.5, 0.6) is 11.5 Å². The number of fused-ring (bicyclic) bond motifs is 1. The molecule has 0 aliphatic carbocycles. The fourth-order valence-corrected chi connectivity index (χ4v) is 4.89. The van der Waals surface area contributed by atoms with Crippen molar-refractivity contribution >= 4 is 28.4 Å². The van der Waals surface area contributed by atoms with E-state index < -0.39 is 6.09 Å². The Labute approximate surface area is 231 Å². The minimum atomic E-state index is -0.443. The van der Waals surface area contributed by atoms with Crippen LogP contribution in [0.15, 0.2) is 79.0 Å². The molecule has 1 aliphatic rings. The summed E-state index contributed by atoms with van der Waals surface area (Å²) >= 11 is 0. The van der Waals surface area contributed by atoms with Crippen molar-refractivity contribution in [3.05, 3.63) is 90.1 Å². The Morgan fingerprint density at radius 2 is 1.64 bits per heavy atom. The molecule has 39 heavy (non-hydrogen) atoms. The van der Waals surface area contributed by atoms with Gasteiger partial charge < -0.3 is 14.4 Å². The summed E-state index contributed by atoms with van der Waals surface area (Å²) in [4.78, 5) is 23.9. The minimum Gasteiger partial charge on any atom is -0.495 e. The molecule has 0 spiro atoms. The Bertz CT molecular complexity index is 1390. The van der Waals surface area contributed by atoms with Crippen LogP contribution < -0.4 is 19.3 Å². The number of aryl methyl sites for hydroxylation is 1. The number of ether oxygens (including phenoxy) is 2. The van der Waals surface area contributed by atoms with Crippen LogP contribution in [0.4, 0.5) is 16.2 Å². The molecule has 204 valence electrons. The number of aromatic nitrogens is 1. The maximum Gasteiger partial charge on any atom is 0.419 e. The molecule has 4 aromatic rings.